The van der Waals surface area contributed by atoms with Crippen LogP contribution in [-0.4, -0.2) is 39.0 Å². The molecular weight excluding hydrogens is 238 g/mol. The lowest BCUT2D eigenvalue weighted by Gasteiger charge is -2.36. The first-order chi connectivity index (χ1) is 9.04. The number of rotatable bonds is 8. The third kappa shape index (κ3) is 5.41. The number of ether oxygens (including phenoxy) is 2. The Morgan fingerprint density at radius 3 is 2.26 bits per heavy atom. The molecule has 0 aromatic rings. The fourth-order valence-electron chi connectivity index (χ4n) is 3.23. The maximum absolute atomic E-state index is 5.84. The number of hydrogen-bond acceptors (Lipinski definition) is 3. The van der Waals surface area contributed by atoms with Gasteiger partial charge in [0.05, 0.1) is 11.7 Å². The first kappa shape index (κ1) is 16.9. The van der Waals surface area contributed by atoms with Gasteiger partial charge in [-0.3, -0.25) is 0 Å². The maximum Gasteiger partial charge on any atom is 0.0752 e. The van der Waals surface area contributed by atoms with Gasteiger partial charge in [-0.2, -0.15) is 0 Å². The summed E-state index contributed by atoms with van der Waals surface area (Å²) < 4.78 is 11.4. The SMILES string of the molecule is CNC(CCC(C)(C)OC)C(OC)C1CCCCC1. The van der Waals surface area contributed by atoms with E-state index in [-0.39, 0.29) is 5.60 Å². The maximum atomic E-state index is 5.84. The van der Waals surface area contributed by atoms with E-state index in [0.717, 1.165) is 18.8 Å². The molecule has 1 saturated carbocycles. The summed E-state index contributed by atoms with van der Waals surface area (Å²) in [6, 6.07) is 0.433. The van der Waals surface area contributed by atoms with Crippen LogP contribution in [0.1, 0.15) is 58.8 Å². The van der Waals surface area contributed by atoms with Gasteiger partial charge < -0.3 is 14.8 Å². The van der Waals surface area contributed by atoms with E-state index in [1.165, 1.54) is 32.1 Å². The molecule has 1 aliphatic carbocycles. The van der Waals surface area contributed by atoms with Crippen LogP contribution < -0.4 is 5.32 Å². The summed E-state index contributed by atoms with van der Waals surface area (Å²) in [4.78, 5) is 0. The summed E-state index contributed by atoms with van der Waals surface area (Å²) in [5.74, 6) is 0.724. The zero-order valence-electron chi connectivity index (χ0n) is 13.5. The Balaban J connectivity index is 2.54. The summed E-state index contributed by atoms with van der Waals surface area (Å²) in [6.07, 6.45) is 9.28. The molecular formula is C16H33NO2. The zero-order chi connectivity index (χ0) is 14.3. The van der Waals surface area contributed by atoms with Crippen molar-refractivity contribution in [2.75, 3.05) is 21.3 Å². The molecule has 0 saturated heterocycles. The number of nitrogens with one attached hydrogen (secondary N) is 1. The molecule has 114 valence electrons. The topological polar surface area (TPSA) is 30.5 Å². The largest absolute Gasteiger partial charge is 0.380 e. The molecule has 0 bridgehead atoms. The molecule has 1 fully saturated rings. The van der Waals surface area contributed by atoms with Crippen LogP contribution in [0, 0.1) is 5.92 Å². The molecule has 1 aliphatic rings. The van der Waals surface area contributed by atoms with E-state index in [9.17, 15) is 0 Å². The summed E-state index contributed by atoms with van der Waals surface area (Å²) in [7, 11) is 5.72. The average Bonchev–Trinajstić information content (AvgIpc) is 2.44. The second-order valence-electron chi connectivity index (χ2n) is 6.50. The molecule has 0 spiro atoms. The van der Waals surface area contributed by atoms with Crippen LogP contribution in [0.2, 0.25) is 0 Å². The molecule has 19 heavy (non-hydrogen) atoms. The van der Waals surface area contributed by atoms with Gasteiger partial charge in [-0.15, -0.1) is 0 Å². The van der Waals surface area contributed by atoms with Gasteiger partial charge in [0.2, 0.25) is 0 Å². The van der Waals surface area contributed by atoms with Crippen molar-refractivity contribution < 1.29 is 9.47 Å². The summed E-state index contributed by atoms with van der Waals surface area (Å²) in [5, 5.41) is 3.47. The summed E-state index contributed by atoms with van der Waals surface area (Å²) >= 11 is 0. The molecule has 1 N–H and O–H groups in total. The fourth-order valence-corrected chi connectivity index (χ4v) is 3.23. The third-order valence-electron chi connectivity index (χ3n) is 4.76. The molecule has 0 aliphatic heterocycles. The predicted octanol–water partition coefficient (Wildman–Crippen LogP) is 3.37. The van der Waals surface area contributed by atoms with Crippen molar-refractivity contribution in [3.63, 3.8) is 0 Å². The van der Waals surface area contributed by atoms with Gasteiger partial charge >= 0.3 is 0 Å². The van der Waals surface area contributed by atoms with Gasteiger partial charge in [0.15, 0.2) is 0 Å². The molecule has 0 aromatic heterocycles. The van der Waals surface area contributed by atoms with Crippen LogP contribution in [0.25, 0.3) is 0 Å². The third-order valence-corrected chi connectivity index (χ3v) is 4.76. The minimum Gasteiger partial charge on any atom is -0.380 e. The number of methoxy groups -OCH3 is 2. The standard InChI is InChI=1S/C16H33NO2/c1-16(2,19-5)12-11-14(17-3)15(18-4)13-9-7-6-8-10-13/h13-15,17H,6-12H2,1-5H3. The van der Waals surface area contributed by atoms with Gasteiger partial charge in [0, 0.05) is 20.3 Å². The van der Waals surface area contributed by atoms with Crippen molar-refractivity contribution in [3.8, 4) is 0 Å². The normalized spacial score (nSPS) is 21.3. The van der Waals surface area contributed by atoms with Gasteiger partial charge in [-0.1, -0.05) is 19.3 Å². The van der Waals surface area contributed by atoms with Gasteiger partial charge in [-0.05, 0) is 52.5 Å². The lowest BCUT2D eigenvalue weighted by Crippen LogP contribution is -2.45. The predicted molar refractivity (Wildman–Crippen MR) is 80.5 cm³/mol. The van der Waals surface area contributed by atoms with Crippen LogP contribution >= 0.6 is 0 Å². The van der Waals surface area contributed by atoms with Crippen LogP contribution in [0.3, 0.4) is 0 Å². The molecule has 0 aromatic carbocycles. The molecule has 0 heterocycles. The van der Waals surface area contributed by atoms with Crippen LogP contribution in [0.5, 0.6) is 0 Å². The highest BCUT2D eigenvalue weighted by atomic mass is 16.5. The molecule has 0 radical (unpaired) electrons. The minimum absolute atomic E-state index is 0.0417. The second kappa shape index (κ2) is 8.23. The van der Waals surface area contributed by atoms with Gasteiger partial charge in [0.25, 0.3) is 0 Å². The second-order valence-corrected chi connectivity index (χ2v) is 6.50. The first-order valence-electron chi connectivity index (χ1n) is 7.79. The zero-order valence-corrected chi connectivity index (χ0v) is 13.5. The van der Waals surface area contributed by atoms with Gasteiger partial charge in [-0.25, -0.2) is 0 Å². The average molecular weight is 271 g/mol. The molecule has 3 nitrogen and oxygen atoms in total. The Labute approximate surface area is 119 Å². The fraction of sp³-hybridized carbons (Fsp3) is 1.00. The van der Waals surface area contributed by atoms with E-state index < -0.39 is 0 Å². The molecule has 1 rings (SSSR count). The quantitative estimate of drug-likeness (QED) is 0.734. The summed E-state index contributed by atoms with van der Waals surface area (Å²) in [5.41, 5.74) is -0.0417. The monoisotopic (exact) mass is 271 g/mol. The highest BCUT2D eigenvalue weighted by molar-refractivity contribution is 4.85. The van der Waals surface area contributed by atoms with Crippen molar-refractivity contribution >= 4 is 0 Å². The Morgan fingerprint density at radius 1 is 1.16 bits per heavy atom. The molecule has 2 atom stereocenters. The van der Waals surface area contributed by atoms with Crippen molar-refractivity contribution in [3.05, 3.63) is 0 Å². The molecule has 3 heteroatoms. The van der Waals surface area contributed by atoms with Crippen molar-refractivity contribution in [2.24, 2.45) is 5.92 Å². The molecule has 0 amide bonds. The van der Waals surface area contributed by atoms with E-state index >= 15 is 0 Å². The highest BCUT2D eigenvalue weighted by Crippen LogP contribution is 2.31. The highest BCUT2D eigenvalue weighted by Gasteiger charge is 2.31. The lowest BCUT2D eigenvalue weighted by molar-refractivity contribution is -0.0142. The van der Waals surface area contributed by atoms with E-state index in [1.807, 2.05) is 7.11 Å². The Kier molecular flexibility index (Phi) is 7.33. The van der Waals surface area contributed by atoms with E-state index in [4.69, 9.17) is 9.47 Å². The summed E-state index contributed by atoms with van der Waals surface area (Å²) in [6.45, 7) is 4.31. The Morgan fingerprint density at radius 2 is 1.79 bits per heavy atom. The molecule has 2 unspecified atom stereocenters. The Bertz CT molecular complexity index is 237. The van der Waals surface area contributed by atoms with Crippen LogP contribution in [-0.2, 0) is 9.47 Å². The lowest BCUT2D eigenvalue weighted by atomic mass is 9.81. The van der Waals surface area contributed by atoms with Crippen molar-refractivity contribution in [2.45, 2.75) is 76.5 Å². The first-order valence-corrected chi connectivity index (χ1v) is 7.79. The minimum atomic E-state index is -0.0417. The van der Waals surface area contributed by atoms with E-state index in [0.29, 0.717) is 12.1 Å². The van der Waals surface area contributed by atoms with Crippen molar-refractivity contribution in [1.82, 2.24) is 5.32 Å². The van der Waals surface area contributed by atoms with Crippen LogP contribution in [0.15, 0.2) is 0 Å². The Hall–Kier alpha value is -0.120. The van der Waals surface area contributed by atoms with E-state index in [2.05, 4.69) is 26.2 Å². The number of likely N-dealkylation sites (N-methyl/N-ethyl adjacent to an activating group) is 1. The van der Waals surface area contributed by atoms with E-state index in [1.54, 1.807) is 7.11 Å². The number of hydrogen-bond donors (Lipinski definition) is 1. The van der Waals surface area contributed by atoms with Crippen molar-refractivity contribution in [1.29, 1.82) is 0 Å². The van der Waals surface area contributed by atoms with Gasteiger partial charge in [0.1, 0.15) is 0 Å². The smallest absolute Gasteiger partial charge is 0.0752 e. The van der Waals surface area contributed by atoms with Crippen LogP contribution in [0.4, 0.5) is 0 Å².